The first-order valence-corrected chi connectivity index (χ1v) is 7.74. The van der Waals surface area contributed by atoms with E-state index in [2.05, 4.69) is 24.4 Å². The van der Waals surface area contributed by atoms with Crippen LogP contribution < -0.4 is 10.1 Å². The first-order valence-electron chi connectivity index (χ1n) is 6.98. The van der Waals surface area contributed by atoms with Crippen molar-refractivity contribution in [2.45, 2.75) is 19.9 Å². The maximum absolute atomic E-state index is 6.34. The van der Waals surface area contributed by atoms with Crippen LogP contribution in [0.1, 0.15) is 18.9 Å². The van der Waals surface area contributed by atoms with Gasteiger partial charge in [0.05, 0.1) is 17.2 Å². The number of nitrogens with one attached hydrogen (secondary N) is 1. The second-order valence-electron chi connectivity index (χ2n) is 4.84. The van der Waals surface area contributed by atoms with E-state index in [1.54, 1.807) is 13.2 Å². The summed E-state index contributed by atoms with van der Waals surface area (Å²) in [5, 5.41) is 4.59. The predicted molar refractivity (Wildman–Crippen MR) is 90.4 cm³/mol. The molecule has 0 atom stereocenters. The number of methoxy groups -OCH3 is 1. The van der Waals surface area contributed by atoms with Crippen molar-refractivity contribution in [3.05, 3.63) is 52.0 Å². The third kappa shape index (κ3) is 4.13. The summed E-state index contributed by atoms with van der Waals surface area (Å²) in [5.41, 5.74) is 3.20. The van der Waals surface area contributed by atoms with Crippen LogP contribution in [0.5, 0.6) is 5.75 Å². The third-order valence-electron chi connectivity index (χ3n) is 3.24. The van der Waals surface area contributed by atoms with Gasteiger partial charge in [-0.25, -0.2) is 0 Å². The van der Waals surface area contributed by atoms with Gasteiger partial charge in [0.15, 0.2) is 0 Å². The standard InChI is InChI=1S/C17H19Cl2NO/c1-3-7-20-11-12-5-4-6-13(8-12)14-9-16(19)17(21-2)10-15(14)18/h4-6,8-10,20H,3,7,11H2,1-2H3. The first kappa shape index (κ1) is 16.2. The quantitative estimate of drug-likeness (QED) is 0.740. The summed E-state index contributed by atoms with van der Waals surface area (Å²) in [6, 6.07) is 11.9. The molecule has 0 fully saturated rings. The van der Waals surface area contributed by atoms with Crippen molar-refractivity contribution in [1.82, 2.24) is 5.32 Å². The van der Waals surface area contributed by atoms with Crippen molar-refractivity contribution >= 4 is 23.2 Å². The van der Waals surface area contributed by atoms with Crippen LogP contribution in [-0.2, 0) is 6.54 Å². The second-order valence-corrected chi connectivity index (χ2v) is 5.66. The average Bonchev–Trinajstić information content (AvgIpc) is 2.50. The molecule has 0 aromatic heterocycles. The zero-order chi connectivity index (χ0) is 15.2. The van der Waals surface area contributed by atoms with Gasteiger partial charge in [-0.05, 0) is 36.2 Å². The molecule has 0 unspecified atom stereocenters. The predicted octanol–water partition coefficient (Wildman–Crippen LogP) is 5.17. The van der Waals surface area contributed by atoms with Gasteiger partial charge in [-0.2, -0.15) is 0 Å². The first-order chi connectivity index (χ1) is 10.2. The summed E-state index contributed by atoms with van der Waals surface area (Å²) in [4.78, 5) is 0. The van der Waals surface area contributed by atoms with Crippen LogP contribution >= 0.6 is 23.2 Å². The van der Waals surface area contributed by atoms with Crippen LogP contribution in [0.25, 0.3) is 11.1 Å². The zero-order valence-corrected chi connectivity index (χ0v) is 13.8. The Labute approximate surface area is 136 Å². The summed E-state index contributed by atoms with van der Waals surface area (Å²) in [6.07, 6.45) is 1.12. The normalized spacial score (nSPS) is 10.7. The lowest BCUT2D eigenvalue weighted by Crippen LogP contribution is -2.13. The van der Waals surface area contributed by atoms with Gasteiger partial charge in [0.1, 0.15) is 5.75 Å². The molecule has 0 aliphatic rings. The second kappa shape index (κ2) is 7.69. The minimum Gasteiger partial charge on any atom is -0.495 e. The molecule has 112 valence electrons. The minimum absolute atomic E-state index is 0.561. The van der Waals surface area contributed by atoms with Crippen molar-refractivity contribution in [3.63, 3.8) is 0 Å². The van der Waals surface area contributed by atoms with Crippen LogP contribution in [0, 0.1) is 0 Å². The topological polar surface area (TPSA) is 21.3 Å². The Hall–Kier alpha value is -1.22. The lowest BCUT2D eigenvalue weighted by Gasteiger charge is -2.11. The van der Waals surface area contributed by atoms with Crippen LogP contribution in [-0.4, -0.2) is 13.7 Å². The number of halogens is 2. The zero-order valence-electron chi connectivity index (χ0n) is 12.2. The molecule has 0 heterocycles. The molecule has 21 heavy (non-hydrogen) atoms. The van der Waals surface area contributed by atoms with E-state index < -0.39 is 0 Å². The molecule has 2 aromatic carbocycles. The van der Waals surface area contributed by atoms with E-state index in [1.165, 1.54) is 5.56 Å². The largest absolute Gasteiger partial charge is 0.495 e. The van der Waals surface area contributed by atoms with E-state index in [0.717, 1.165) is 30.6 Å². The highest BCUT2D eigenvalue weighted by Gasteiger charge is 2.10. The molecule has 2 aromatic rings. The molecule has 2 rings (SSSR count). The number of benzene rings is 2. The van der Waals surface area contributed by atoms with Gasteiger partial charge < -0.3 is 10.1 Å². The number of rotatable bonds is 6. The van der Waals surface area contributed by atoms with Gasteiger partial charge in [0, 0.05) is 18.2 Å². The lowest BCUT2D eigenvalue weighted by atomic mass is 10.0. The molecule has 0 bridgehead atoms. The highest BCUT2D eigenvalue weighted by Crippen LogP contribution is 2.36. The van der Waals surface area contributed by atoms with Gasteiger partial charge in [-0.1, -0.05) is 48.3 Å². The van der Waals surface area contributed by atoms with Gasteiger partial charge >= 0.3 is 0 Å². The highest BCUT2D eigenvalue weighted by atomic mass is 35.5. The molecule has 0 saturated carbocycles. The van der Waals surface area contributed by atoms with E-state index in [1.807, 2.05) is 18.2 Å². The Bertz CT molecular complexity index is 614. The summed E-state index contributed by atoms with van der Waals surface area (Å²) < 4.78 is 5.18. The van der Waals surface area contributed by atoms with Crippen molar-refractivity contribution in [3.8, 4) is 16.9 Å². The molecular weight excluding hydrogens is 305 g/mol. The number of hydrogen-bond acceptors (Lipinski definition) is 2. The van der Waals surface area contributed by atoms with E-state index in [-0.39, 0.29) is 0 Å². The fourth-order valence-corrected chi connectivity index (χ4v) is 2.67. The molecule has 0 spiro atoms. The van der Waals surface area contributed by atoms with Gasteiger partial charge in [-0.3, -0.25) is 0 Å². The number of ether oxygens (including phenoxy) is 1. The molecule has 0 amide bonds. The molecule has 1 N–H and O–H groups in total. The summed E-state index contributed by atoms with van der Waals surface area (Å²) >= 11 is 12.5. The van der Waals surface area contributed by atoms with E-state index in [0.29, 0.717) is 15.8 Å². The molecule has 0 aliphatic carbocycles. The molecule has 0 radical (unpaired) electrons. The Morgan fingerprint density at radius 2 is 1.90 bits per heavy atom. The third-order valence-corrected chi connectivity index (χ3v) is 3.84. The Kier molecular flexibility index (Phi) is 5.92. The van der Waals surface area contributed by atoms with E-state index in [4.69, 9.17) is 27.9 Å². The van der Waals surface area contributed by atoms with Crippen LogP contribution in [0.4, 0.5) is 0 Å². The van der Waals surface area contributed by atoms with Crippen molar-refractivity contribution in [2.24, 2.45) is 0 Å². The molecule has 0 aliphatic heterocycles. The van der Waals surface area contributed by atoms with E-state index >= 15 is 0 Å². The van der Waals surface area contributed by atoms with Crippen molar-refractivity contribution < 1.29 is 4.74 Å². The minimum atomic E-state index is 0.561. The maximum atomic E-state index is 6.34. The maximum Gasteiger partial charge on any atom is 0.138 e. The Balaban J connectivity index is 2.29. The monoisotopic (exact) mass is 323 g/mol. The fraction of sp³-hybridized carbons (Fsp3) is 0.294. The van der Waals surface area contributed by atoms with Crippen LogP contribution in [0.15, 0.2) is 36.4 Å². The van der Waals surface area contributed by atoms with Crippen LogP contribution in [0.3, 0.4) is 0 Å². The SMILES string of the molecule is CCCNCc1cccc(-c2cc(Cl)c(OC)cc2Cl)c1. The van der Waals surface area contributed by atoms with Crippen molar-refractivity contribution in [1.29, 1.82) is 0 Å². The smallest absolute Gasteiger partial charge is 0.138 e. The molecular formula is C17H19Cl2NO. The Morgan fingerprint density at radius 3 is 2.62 bits per heavy atom. The van der Waals surface area contributed by atoms with Gasteiger partial charge in [-0.15, -0.1) is 0 Å². The lowest BCUT2D eigenvalue weighted by molar-refractivity contribution is 0.415. The molecule has 2 nitrogen and oxygen atoms in total. The summed E-state index contributed by atoms with van der Waals surface area (Å²) in [7, 11) is 1.58. The summed E-state index contributed by atoms with van der Waals surface area (Å²) in [6.45, 7) is 4.02. The average molecular weight is 324 g/mol. The van der Waals surface area contributed by atoms with Crippen molar-refractivity contribution in [2.75, 3.05) is 13.7 Å². The molecule has 0 saturated heterocycles. The van der Waals surface area contributed by atoms with E-state index in [9.17, 15) is 0 Å². The Morgan fingerprint density at radius 1 is 1.10 bits per heavy atom. The summed E-state index contributed by atoms with van der Waals surface area (Å²) in [5.74, 6) is 0.589. The fourth-order valence-electron chi connectivity index (χ4n) is 2.16. The highest BCUT2D eigenvalue weighted by molar-refractivity contribution is 6.36. The van der Waals surface area contributed by atoms with Gasteiger partial charge in [0.25, 0.3) is 0 Å². The molecule has 4 heteroatoms. The van der Waals surface area contributed by atoms with Gasteiger partial charge in [0.2, 0.25) is 0 Å². The number of hydrogen-bond donors (Lipinski definition) is 1. The van der Waals surface area contributed by atoms with Crippen LogP contribution in [0.2, 0.25) is 10.0 Å².